The summed E-state index contributed by atoms with van der Waals surface area (Å²) in [5, 5.41) is 0. The van der Waals surface area contributed by atoms with Crippen molar-refractivity contribution in [3.63, 3.8) is 0 Å². The molecule has 0 unspecified atom stereocenters. The van der Waals surface area contributed by atoms with Crippen molar-refractivity contribution in [3.8, 4) is 0 Å². The third-order valence-corrected chi connectivity index (χ3v) is 3.31. The molecule has 1 rings (SSSR count). The maximum atomic E-state index is 13.0. The fourth-order valence-corrected chi connectivity index (χ4v) is 2.06. The van der Waals surface area contributed by atoms with Crippen LogP contribution in [0.2, 0.25) is 0 Å². The molecule has 0 spiro atoms. The highest BCUT2D eigenvalue weighted by Gasteiger charge is 2.32. The molecule has 0 amide bonds. The number of aryl methyl sites for hydroxylation is 1. The van der Waals surface area contributed by atoms with E-state index in [1.165, 1.54) is 12.1 Å². The molecule has 2 N–H and O–H groups in total. The van der Waals surface area contributed by atoms with E-state index in [2.05, 4.69) is 0 Å². The van der Waals surface area contributed by atoms with Crippen LogP contribution in [0.5, 0.6) is 0 Å². The van der Waals surface area contributed by atoms with E-state index >= 15 is 0 Å². The van der Waals surface area contributed by atoms with Gasteiger partial charge in [0.25, 0.3) is 0 Å². The molecule has 1 aromatic rings. The molecule has 4 heteroatoms. The van der Waals surface area contributed by atoms with Crippen LogP contribution in [0.4, 0.5) is 13.2 Å². The summed E-state index contributed by atoms with van der Waals surface area (Å²) in [6.07, 6.45) is -2.03. The number of benzene rings is 1. The predicted molar refractivity (Wildman–Crippen MR) is 76.7 cm³/mol. The summed E-state index contributed by atoms with van der Waals surface area (Å²) >= 11 is 0. The van der Waals surface area contributed by atoms with Crippen LogP contribution in [0.15, 0.2) is 18.2 Å². The number of rotatable bonds is 4. The normalized spacial score (nSPS) is 14.4. The third-order valence-electron chi connectivity index (χ3n) is 3.31. The van der Waals surface area contributed by atoms with Crippen LogP contribution in [0.3, 0.4) is 0 Å². The van der Waals surface area contributed by atoms with E-state index in [0.717, 1.165) is 24.0 Å². The van der Waals surface area contributed by atoms with Gasteiger partial charge in [0.1, 0.15) is 0 Å². The van der Waals surface area contributed by atoms with Gasteiger partial charge >= 0.3 is 6.18 Å². The van der Waals surface area contributed by atoms with E-state index < -0.39 is 11.7 Å². The van der Waals surface area contributed by atoms with E-state index in [1.54, 1.807) is 0 Å². The first kappa shape index (κ1) is 17.0. The van der Waals surface area contributed by atoms with Gasteiger partial charge in [-0.15, -0.1) is 0 Å². The predicted octanol–water partition coefficient (Wildman–Crippen LogP) is 4.67. The molecule has 0 bridgehead atoms. The van der Waals surface area contributed by atoms with Gasteiger partial charge in [-0.3, -0.25) is 0 Å². The largest absolute Gasteiger partial charge is 0.416 e. The summed E-state index contributed by atoms with van der Waals surface area (Å²) < 4.78 is 38.9. The molecule has 0 saturated heterocycles. The maximum absolute atomic E-state index is 13.0. The molecule has 20 heavy (non-hydrogen) atoms. The van der Waals surface area contributed by atoms with E-state index in [1.807, 2.05) is 33.8 Å². The average molecular weight is 287 g/mol. The smallest absolute Gasteiger partial charge is 0.328 e. The number of nitrogens with two attached hydrogens (primary N) is 1. The van der Waals surface area contributed by atoms with Gasteiger partial charge < -0.3 is 5.73 Å². The van der Waals surface area contributed by atoms with E-state index in [4.69, 9.17) is 5.73 Å². The molecule has 1 atom stereocenters. The van der Waals surface area contributed by atoms with Crippen LogP contribution >= 0.6 is 0 Å². The summed E-state index contributed by atoms with van der Waals surface area (Å²) in [6, 6.07) is 4.49. The van der Waals surface area contributed by atoms with Crippen molar-refractivity contribution >= 4 is 0 Å². The molecule has 0 heterocycles. The second-order valence-corrected chi connectivity index (χ2v) is 6.54. The van der Waals surface area contributed by atoms with Crippen LogP contribution in [0.1, 0.15) is 57.2 Å². The lowest BCUT2D eigenvalue weighted by Crippen LogP contribution is -2.16. The van der Waals surface area contributed by atoms with Crippen molar-refractivity contribution in [1.29, 1.82) is 0 Å². The number of alkyl halides is 3. The Labute approximate surface area is 119 Å². The van der Waals surface area contributed by atoms with Gasteiger partial charge in [0.15, 0.2) is 0 Å². The second-order valence-electron chi connectivity index (χ2n) is 6.54. The first-order chi connectivity index (χ1) is 9.00. The highest BCUT2D eigenvalue weighted by atomic mass is 19.4. The fourth-order valence-electron chi connectivity index (χ4n) is 2.06. The molecule has 0 aliphatic carbocycles. The first-order valence-corrected chi connectivity index (χ1v) is 6.97. The van der Waals surface area contributed by atoms with Gasteiger partial charge in [0, 0.05) is 6.04 Å². The van der Waals surface area contributed by atoms with Crippen molar-refractivity contribution in [2.45, 2.75) is 64.6 Å². The van der Waals surface area contributed by atoms with Gasteiger partial charge in [-0.2, -0.15) is 13.2 Å². The topological polar surface area (TPSA) is 26.0 Å². The Morgan fingerprint density at radius 1 is 1.05 bits per heavy atom. The highest BCUT2D eigenvalue weighted by molar-refractivity contribution is 5.35. The van der Waals surface area contributed by atoms with Gasteiger partial charge in [0.2, 0.25) is 0 Å². The lowest BCUT2D eigenvalue weighted by Gasteiger charge is -2.22. The van der Waals surface area contributed by atoms with Crippen molar-refractivity contribution < 1.29 is 13.2 Å². The van der Waals surface area contributed by atoms with Crippen molar-refractivity contribution in [2.24, 2.45) is 5.73 Å². The Hall–Kier alpha value is -1.03. The minimum Gasteiger partial charge on any atom is -0.328 e. The molecular formula is C16H24F3N. The molecule has 0 radical (unpaired) electrons. The molecule has 1 aromatic carbocycles. The monoisotopic (exact) mass is 287 g/mol. The first-order valence-electron chi connectivity index (χ1n) is 6.97. The minimum absolute atomic E-state index is 0.0860. The van der Waals surface area contributed by atoms with E-state index in [-0.39, 0.29) is 11.5 Å². The summed E-state index contributed by atoms with van der Waals surface area (Å²) in [7, 11) is 0. The van der Waals surface area contributed by atoms with Crippen LogP contribution in [-0.2, 0) is 18.0 Å². The number of hydrogen-bond donors (Lipinski definition) is 1. The van der Waals surface area contributed by atoms with E-state index in [0.29, 0.717) is 6.42 Å². The minimum atomic E-state index is -4.29. The van der Waals surface area contributed by atoms with E-state index in [9.17, 15) is 13.2 Å². The van der Waals surface area contributed by atoms with Crippen molar-refractivity contribution in [3.05, 3.63) is 34.9 Å². The SMILES string of the molecule is C[C@@H](N)CCCc1cc(C(C)(C)C)cc(C(F)(F)F)c1. The summed E-state index contributed by atoms with van der Waals surface area (Å²) in [5.41, 5.74) is 6.29. The van der Waals surface area contributed by atoms with Gasteiger partial charge in [-0.25, -0.2) is 0 Å². The standard InChI is InChI=1S/C16H24F3N/c1-11(20)6-5-7-12-8-13(15(2,3)4)10-14(9-12)16(17,18)19/h8-11H,5-7,20H2,1-4H3/t11-/m1/s1. The molecule has 0 aliphatic heterocycles. The Bertz CT molecular complexity index is 410. The molecule has 114 valence electrons. The van der Waals surface area contributed by atoms with Crippen LogP contribution in [0.25, 0.3) is 0 Å². The van der Waals surface area contributed by atoms with Gasteiger partial charge in [-0.05, 0) is 54.9 Å². The Kier molecular flexibility index (Phi) is 5.25. The zero-order valence-electron chi connectivity index (χ0n) is 12.6. The molecule has 0 aromatic heterocycles. The van der Waals surface area contributed by atoms with Gasteiger partial charge in [-0.1, -0.05) is 26.8 Å². The van der Waals surface area contributed by atoms with Crippen molar-refractivity contribution in [1.82, 2.24) is 0 Å². The third kappa shape index (κ3) is 5.16. The van der Waals surface area contributed by atoms with Gasteiger partial charge in [0.05, 0.1) is 5.56 Å². The second kappa shape index (κ2) is 6.17. The average Bonchev–Trinajstić information content (AvgIpc) is 2.25. The summed E-state index contributed by atoms with van der Waals surface area (Å²) in [4.78, 5) is 0. The van der Waals surface area contributed by atoms with Crippen LogP contribution in [0, 0.1) is 0 Å². The zero-order valence-corrected chi connectivity index (χ0v) is 12.6. The lowest BCUT2D eigenvalue weighted by molar-refractivity contribution is -0.137. The number of halogens is 3. The fraction of sp³-hybridized carbons (Fsp3) is 0.625. The van der Waals surface area contributed by atoms with Crippen LogP contribution in [-0.4, -0.2) is 6.04 Å². The Morgan fingerprint density at radius 2 is 1.60 bits per heavy atom. The van der Waals surface area contributed by atoms with Crippen molar-refractivity contribution in [2.75, 3.05) is 0 Å². The van der Waals surface area contributed by atoms with Crippen LogP contribution < -0.4 is 5.73 Å². The quantitative estimate of drug-likeness (QED) is 0.855. The lowest BCUT2D eigenvalue weighted by atomic mass is 9.84. The maximum Gasteiger partial charge on any atom is 0.416 e. The number of hydrogen-bond acceptors (Lipinski definition) is 1. The molecule has 0 aliphatic rings. The molecular weight excluding hydrogens is 263 g/mol. The summed E-state index contributed by atoms with van der Waals surface area (Å²) in [6.45, 7) is 7.68. The molecule has 0 saturated carbocycles. The highest BCUT2D eigenvalue weighted by Crippen LogP contribution is 2.34. The molecule has 1 nitrogen and oxygen atoms in total. The Morgan fingerprint density at radius 3 is 2.05 bits per heavy atom. The molecule has 0 fully saturated rings. The Balaban J connectivity index is 3.05. The zero-order chi connectivity index (χ0) is 15.6. The summed E-state index contributed by atoms with van der Waals surface area (Å²) in [5.74, 6) is 0.